The largest absolute Gasteiger partial charge is 0.497 e. The first-order valence-corrected chi connectivity index (χ1v) is 11.6. The normalized spacial score (nSPS) is 10.6. The summed E-state index contributed by atoms with van der Waals surface area (Å²) in [5.74, 6) is -1.73. The Morgan fingerprint density at radius 3 is 2.29 bits per heavy atom. The lowest BCUT2D eigenvalue weighted by Gasteiger charge is -2.13. The van der Waals surface area contributed by atoms with Crippen LogP contribution in [0.5, 0.6) is 5.75 Å². The SMILES string of the molecule is COc1ccc(NC(=O)C(=O)Nn2c(C(=O)Nc3ccc(C)c(Cl)c3)cc3cc(Br)ccc32)cc1. The lowest BCUT2D eigenvalue weighted by Crippen LogP contribution is -2.36. The molecule has 1 heterocycles. The highest BCUT2D eigenvalue weighted by Crippen LogP contribution is 2.25. The number of nitrogens with one attached hydrogen (secondary N) is 3. The molecule has 4 aromatic rings. The third-order valence-corrected chi connectivity index (χ3v) is 6.09. The summed E-state index contributed by atoms with van der Waals surface area (Å²) in [5, 5.41) is 6.49. The molecule has 0 radical (unpaired) electrons. The summed E-state index contributed by atoms with van der Waals surface area (Å²) in [5.41, 5.74) is 4.96. The van der Waals surface area contributed by atoms with Crippen molar-refractivity contribution in [2.24, 2.45) is 0 Å². The van der Waals surface area contributed by atoms with E-state index >= 15 is 0 Å². The zero-order valence-electron chi connectivity index (χ0n) is 18.7. The molecule has 1 aromatic heterocycles. The molecule has 4 rings (SSSR count). The molecule has 8 nitrogen and oxygen atoms in total. The predicted molar refractivity (Wildman–Crippen MR) is 140 cm³/mol. The zero-order valence-corrected chi connectivity index (χ0v) is 21.0. The number of aromatic nitrogens is 1. The summed E-state index contributed by atoms with van der Waals surface area (Å²) < 4.78 is 7.16. The number of anilines is 2. The number of fused-ring (bicyclic) bond motifs is 1. The summed E-state index contributed by atoms with van der Waals surface area (Å²) in [4.78, 5) is 38.4. The van der Waals surface area contributed by atoms with Crippen LogP contribution in [0.2, 0.25) is 5.02 Å². The van der Waals surface area contributed by atoms with Crippen molar-refractivity contribution in [3.8, 4) is 5.75 Å². The Morgan fingerprint density at radius 1 is 0.886 bits per heavy atom. The Labute approximate surface area is 214 Å². The van der Waals surface area contributed by atoms with Gasteiger partial charge in [0.15, 0.2) is 0 Å². The number of carbonyl (C=O) groups excluding carboxylic acids is 3. The van der Waals surface area contributed by atoms with Crippen LogP contribution in [0.15, 0.2) is 71.2 Å². The van der Waals surface area contributed by atoms with Gasteiger partial charge in [-0.3, -0.25) is 19.8 Å². The third-order valence-electron chi connectivity index (χ3n) is 5.19. The van der Waals surface area contributed by atoms with Crippen molar-refractivity contribution in [2.75, 3.05) is 23.2 Å². The third kappa shape index (κ3) is 5.47. The van der Waals surface area contributed by atoms with E-state index < -0.39 is 17.7 Å². The molecular formula is C25H20BrClN4O4. The summed E-state index contributed by atoms with van der Waals surface area (Å²) in [6.45, 7) is 1.86. The van der Waals surface area contributed by atoms with Gasteiger partial charge in [-0.15, -0.1) is 0 Å². The van der Waals surface area contributed by atoms with Gasteiger partial charge in [-0.1, -0.05) is 33.6 Å². The lowest BCUT2D eigenvalue weighted by molar-refractivity contribution is -0.133. The van der Waals surface area contributed by atoms with Crippen molar-refractivity contribution in [3.05, 3.63) is 87.5 Å². The topological polar surface area (TPSA) is 101 Å². The molecule has 3 amide bonds. The number of carbonyl (C=O) groups is 3. The van der Waals surface area contributed by atoms with E-state index in [0.29, 0.717) is 33.0 Å². The second kappa shape index (κ2) is 10.2. The van der Waals surface area contributed by atoms with Crippen LogP contribution >= 0.6 is 27.5 Å². The molecular weight excluding hydrogens is 536 g/mol. The van der Waals surface area contributed by atoms with Gasteiger partial charge in [0.25, 0.3) is 5.91 Å². The molecule has 35 heavy (non-hydrogen) atoms. The highest BCUT2D eigenvalue weighted by atomic mass is 79.9. The number of halogens is 2. The summed E-state index contributed by atoms with van der Waals surface area (Å²) in [7, 11) is 1.53. The highest BCUT2D eigenvalue weighted by Gasteiger charge is 2.21. The van der Waals surface area contributed by atoms with E-state index in [-0.39, 0.29) is 5.69 Å². The number of hydrogen-bond acceptors (Lipinski definition) is 4. The quantitative estimate of drug-likeness (QED) is 0.290. The average molecular weight is 556 g/mol. The number of ether oxygens (including phenoxy) is 1. The van der Waals surface area contributed by atoms with Gasteiger partial charge in [-0.25, -0.2) is 4.68 Å². The molecule has 0 unspecified atom stereocenters. The van der Waals surface area contributed by atoms with E-state index in [0.717, 1.165) is 10.0 Å². The first-order chi connectivity index (χ1) is 16.7. The Morgan fingerprint density at radius 2 is 1.60 bits per heavy atom. The summed E-state index contributed by atoms with van der Waals surface area (Å²) in [6.07, 6.45) is 0. The van der Waals surface area contributed by atoms with Crippen LogP contribution in [-0.4, -0.2) is 29.5 Å². The van der Waals surface area contributed by atoms with E-state index in [1.165, 1.54) is 11.8 Å². The van der Waals surface area contributed by atoms with Crippen LogP contribution < -0.4 is 20.8 Å². The van der Waals surface area contributed by atoms with Gasteiger partial charge in [0.1, 0.15) is 11.4 Å². The molecule has 0 aliphatic carbocycles. The zero-order chi connectivity index (χ0) is 25.1. The van der Waals surface area contributed by atoms with Crippen LogP contribution in [0.4, 0.5) is 11.4 Å². The van der Waals surface area contributed by atoms with Crippen molar-refractivity contribution >= 4 is 67.5 Å². The Hall–Kier alpha value is -3.82. The second-order valence-electron chi connectivity index (χ2n) is 7.61. The molecule has 0 saturated heterocycles. The lowest BCUT2D eigenvalue weighted by atomic mass is 10.2. The standard InChI is InChI=1S/C25H20BrClN4O4/c1-14-3-5-18(13-20(14)27)29-23(32)22-12-15-11-16(26)4-10-21(15)31(22)30-25(34)24(33)28-17-6-8-19(35-2)9-7-17/h3-13H,1-2H3,(H,28,33)(H,29,32)(H,30,34). The molecule has 0 fully saturated rings. The van der Waals surface area contributed by atoms with Crippen molar-refractivity contribution in [1.29, 1.82) is 0 Å². The highest BCUT2D eigenvalue weighted by molar-refractivity contribution is 9.10. The molecule has 10 heteroatoms. The number of amides is 3. The van der Waals surface area contributed by atoms with Crippen molar-refractivity contribution in [2.45, 2.75) is 6.92 Å². The molecule has 0 aliphatic heterocycles. The van der Waals surface area contributed by atoms with Gasteiger partial charge in [-0.2, -0.15) is 0 Å². The predicted octanol–water partition coefficient (Wildman–Crippen LogP) is 5.34. The second-order valence-corrected chi connectivity index (χ2v) is 8.93. The van der Waals surface area contributed by atoms with E-state index in [1.807, 2.05) is 6.92 Å². The summed E-state index contributed by atoms with van der Waals surface area (Å²) >= 11 is 9.58. The van der Waals surface area contributed by atoms with Crippen LogP contribution in [0.3, 0.4) is 0 Å². The van der Waals surface area contributed by atoms with Crippen LogP contribution in [-0.2, 0) is 9.59 Å². The molecule has 0 saturated carbocycles. The molecule has 0 atom stereocenters. The minimum Gasteiger partial charge on any atom is -0.497 e. The van der Waals surface area contributed by atoms with Crippen molar-refractivity contribution in [3.63, 3.8) is 0 Å². The van der Waals surface area contributed by atoms with E-state index in [4.69, 9.17) is 16.3 Å². The number of benzene rings is 3. The van der Waals surface area contributed by atoms with Crippen LogP contribution in [0, 0.1) is 6.92 Å². The van der Waals surface area contributed by atoms with Gasteiger partial charge in [-0.05, 0) is 73.2 Å². The molecule has 0 aliphatic rings. The van der Waals surface area contributed by atoms with Gasteiger partial charge < -0.3 is 15.4 Å². The van der Waals surface area contributed by atoms with Crippen LogP contribution in [0.25, 0.3) is 10.9 Å². The number of hydrogen-bond donors (Lipinski definition) is 3. The fourth-order valence-corrected chi connectivity index (χ4v) is 3.91. The Bertz CT molecular complexity index is 1450. The average Bonchev–Trinajstić information content (AvgIpc) is 3.19. The van der Waals surface area contributed by atoms with Gasteiger partial charge in [0.05, 0.1) is 12.6 Å². The molecule has 3 aromatic carbocycles. The maximum Gasteiger partial charge on any atom is 0.328 e. The number of methoxy groups -OCH3 is 1. The Balaban J connectivity index is 1.60. The first kappa shape index (κ1) is 24.3. The van der Waals surface area contributed by atoms with Crippen molar-refractivity contribution < 1.29 is 19.1 Å². The van der Waals surface area contributed by atoms with Gasteiger partial charge >= 0.3 is 11.8 Å². The summed E-state index contributed by atoms with van der Waals surface area (Å²) in [6, 6.07) is 18.6. The minimum atomic E-state index is -0.950. The van der Waals surface area contributed by atoms with Gasteiger partial charge in [0, 0.05) is 26.3 Å². The smallest absolute Gasteiger partial charge is 0.328 e. The van der Waals surface area contributed by atoms with Crippen molar-refractivity contribution in [1.82, 2.24) is 4.68 Å². The monoisotopic (exact) mass is 554 g/mol. The number of nitrogens with zero attached hydrogens (tertiary/aromatic N) is 1. The maximum absolute atomic E-state index is 13.1. The van der Waals surface area contributed by atoms with E-state index in [1.54, 1.807) is 66.7 Å². The molecule has 3 N–H and O–H groups in total. The first-order valence-electron chi connectivity index (χ1n) is 10.4. The fraction of sp³-hybridized carbons (Fsp3) is 0.0800. The fourth-order valence-electron chi connectivity index (χ4n) is 3.35. The van der Waals surface area contributed by atoms with E-state index in [2.05, 4.69) is 32.0 Å². The van der Waals surface area contributed by atoms with E-state index in [9.17, 15) is 14.4 Å². The molecule has 178 valence electrons. The van der Waals surface area contributed by atoms with Gasteiger partial charge in [0.2, 0.25) is 0 Å². The maximum atomic E-state index is 13.1. The molecule has 0 bridgehead atoms. The number of aryl methyl sites for hydroxylation is 1. The number of rotatable bonds is 5. The molecule has 0 spiro atoms. The van der Waals surface area contributed by atoms with Crippen LogP contribution in [0.1, 0.15) is 16.1 Å². The minimum absolute atomic E-state index is 0.125. The Kier molecular flexibility index (Phi) is 7.09.